The summed E-state index contributed by atoms with van der Waals surface area (Å²) >= 11 is 1.54. The standard InChI is InChI=1S/C23H24N2O3S2/c1-3-25(30(27,28)20-15-13-18(2)14-16-20)17-23(26)24-21-11-7-8-12-22(21)29-19-9-5-4-6-10-19/h4-16H,3,17H2,1-2H3,(H,24,26). The van der Waals surface area contributed by atoms with Gasteiger partial charge < -0.3 is 5.32 Å². The van der Waals surface area contributed by atoms with Gasteiger partial charge in [0.25, 0.3) is 0 Å². The normalized spacial score (nSPS) is 11.4. The number of para-hydroxylation sites is 1. The monoisotopic (exact) mass is 440 g/mol. The van der Waals surface area contributed by atoms with Crippen molar-refractivity contribution in [1.29, 1.82) is 0 Å². The van der Waals surface area contributed by atoms with Crippen molar-refractivity contribution in [3.8, 4) is 0 Å². The molecule has 0 aliphatic carbocycles. The van der Waals surface area contributed by atoms with Crippen molar-refractivity contribution in [3.63, 3.8) is 0 Å². The van der Waals surface area contributed by atoms with Crippen LogP contribution in [0.1, 0.15) is 12.5 Å². The van der Waals surface area contributed by atoms with Crippen molar-refractivity contribution in [2.45, 2.75) is 28.5 Å². The third kappa shape index (κ3) is 5.50. The minimum atomic E-state index is -3.75. The Morgan fingerprint density at radius 1 is 0.933 bits per heavy atom. The number of anilines is 1. The fourth-order valence-electron chi connectivity index (χ4n) is 2.85. The minimum absolute atomic E-state index is 0.183. The molecule has 1 N–H and O–H groups in total. The molecule has 5 nitrogen and oxygen atoms in total. The zero-order valence-corrected chi connectivity index (χ0v) is 18.5. The predicted molar refractivity (Wildman–Crippen MR) is 121 cm³/mol. The van der Waals surface area contributed by atoms with Gasteiger partial charge in [-0.1, -0.05) is 66.7 Å². The van der Waals surface area contributed by atoms with E-state index in [0.717, 1.165) is 15.4 Å². The Morgan fingerprint density at radius 2 is 1.57 bits per heavy atom. The zero-order valence-electron chi connectivity index (χ0n) is 16.9. The van der Waals surface area contributed by atoms with E-state index in [1.807, 2.05) is 61.5 Å². The topological polar surface area (TPSA) is 66.5 Å². The number of aryl methyl sites for hydroxylation is 1. The van der Waals surface area contributed by atoms with Gasteiger partial charge in [-0.25, -0.2) is 8.42 Å². The second-order valence-corrected chi connectivity index (χ2v) is 9.76. The number of hydrogen-bond acceptors (Lipinski definition) is 4. The molecule has 3 aromatic carbocycles. The largest absolute Gasteiger partial charge is 0.324 e. The number of nitrogens with one attached hydrogen (secondary N) is 1. The molecule has 0 saturated carbocycles. The molecule has 0 bridgehead atoms. The van der Waals surface area contributed by atoms with Gasteiger partial charge in [0.2, 0.25) is 15.9 Å². The first-order chi connectivity index (χ1) is 14.4. The van der Waals surface area contributed by atoms with Crippen LogP contribution in [0.5, 0.6) is 0 Å². The Balaban J connectivity index is 1.74. The fraction of sp³-hybridized carbons (Fsp3) is 0.174. The van der Waals surface area contributed by atoms with Gasteiger partial charge in [0.15, 0.2) is 0 Å². The molecule has 1 amide bonds. The van der Waals surface area contributed by atoms with Crippen LogP contribution in [0.3, 0.4) is 0 Å². The highest BCUT2D eigenvalue weighted by Crippen LogP contribution is 2.33. The van der Waals surface area contributed by atoms with Crippen LogP contribution in [-0.4, -0.2) is 31.7 Å². The molecule has 0 spiro atoms. The molecule has 0 unspecified atom stereocenters. The number of hydrogen-bond donors (Lipinski definition) is 1. The van der Waals surface area contributed by atoms with Crippen LogP contribution in [0.25, 0.3) is 0 Å². The van der Waals surface area contributed by atoms with Gasteiger partial charge in [-0.15, -0.1) is 0 Å². The van der Waals surface area contributed by atoms with Crippen molar-refractivity contribution in [2.24, 2.45) is 0 Å². The number of amides is 1. The van der Waals surface area contributed by atoms with Crippen LogP contribution in [0, 0.1) is 6.92 Å². The van der Waals surface area contributed by atoms with Crippen molar-refractivity contribution >= 4 is 33.4 Å². The Bertz CT molecular complexity index is 1100. The van der Waals surface area contributed by atoms with E-state index >= 15 is 0 Å². The summed E-state index contributed by atoms with van der Waals surface area (Å²) in [6, 6.07) is 24.0. The molecule has 3 aromatic rings. The maximum atomic E-state index is 12.9. The lowest BCUT2D eigenvalue weighted by atomic mass is 10.2. The van der Waals surface area contributed by atoms with E-state index in [9.17, 15) is 13.2 Å². The minimum Gasteiger partial charge on any atom is -0.324 e. The first-order valence-corrected chi connectivity index (χ1v) is 11.8. The second-order valence-electron chi connectivity index (χ2n) is 6.70. The van der Waals surface area contributed by atoms with E-state index < -0.39 is 10.0 Å². The molecule has 3 rings (SSSR count). The lowest BCUT2D eigenvalue weighted by molar-refractivity contribution is -0.116. The van der Waals surface area contributed by atoms with Crippen LogP contribution in [0.2, 0.25) is 0 Å². The highest BCUT2D eigenvalue weighted by Gasteiger charge is 2.25. The highest BCUT2D eigenvalue weighted by atomic mass is 32.2. The summed E-state index contributed by atoms with van der Waals surface area (Å²) in [5.74, 6) is -0.381. The molecule has 30 heavy (non-hydrogen) atoms. The van der Waals surface area contributed by atoms with Crippen molar-refractivity contribution in [2.75, 3.05) is 18.4 Å². The molecular weight excluding hydrogens is 416 g/mol. The van der Waals surface area contributed by atoms with Gasteiger partial charge in [0.05, 0.1) is 17.1 Å². The number of likely N-dealkylation sites (N-methyl/N-ethyl adjacent to an activating group) is 1. The van der Waals surface area contributed by atoms with Crippen LogP contribution in [0.4, 0.5) is 5.69 Å². The van der Waals surface area contributed by atoms with Gasteiger partial charge in [-0.05, 0) is 43.3 Å². The average molecular weight is 441 g/mol. The van der Waals surface area contributed by atoms with E-state index in [1.165, 1.54) is 16.1 Å². The Hall–Kier alpha value is -2.61. The van der Waals surface area contributed by atoms with E-state index in [1.54, 1.807) is 31.2 Å². The SMILES string of the molecule is CCN(CC(=O)Nc1ccccc1Sc1ccccc1)S(=O)(=O)c1ccc(C)cc1. The highest BCUT2D eigenvalue weighted by molar-refractivity contribution is 7.99. The van der Waals surface area contributed by atoms with E-state index in [-0.39, 0.29) is 23.9 Å². The average Bonchev–Trinajstić information content (AvgIpc) is 2.74. The number of carbonyl (C=O) groups is 1. The zero-order chi connectivity index (χ0) is 21.6. The summed E-state index contributed by atoms with van der Waals surface area (Å²) in [6.45, 7) is 3.56. The number of sulfonamides is 1. The van der Waals surface area contributed by atoms with E-state index in [2.05, 4.69) is 5.32 Å². The summed E-state index contributed by atoms with van der Waals surface area (Å²) < 4.78 is 27.0. The van der Waals surface area contributed by atoms with E-state index in [4.69, 9.17) is 0 Å². The summed E-state index contributed by atoms with van der Waals surface area (Å²) in [5, 5.41) is 2.86. The van der Waals surface area contributed by atoms with Gasteiger partial charge in [-0.3, -0.25) is 4.79 Å². The lowest BCUT2D eigenvalue weighted by Gasteiger charge is -2.20. The maximum absolute atomic E-state index is 12.9. The third-order valence-electron chi connectivity index (χ3n) is 4.46. The molecule has 0 atom stereocenters. The van der Waals surface area contributed by atoms with Gasteiger partial charge in [0.1, 0.15) is 0 Å². The number of rotatable bonds is 8. The summed E-state index contributed by atoms with van der Waals surface area (Å²) in [7, 11) is -3.75. The fourth-order valence-corrected chi connectivity index (χ4v) is 5.18. The van der Waals surface area contributed by atoms with Crippen LogP contribution in [-0.2, 0) is 14.8 Å². The van der Waals surface area contributed by atoms with Crippen LogP contribution >= 0.6 is 11.8 Å². The molecule has 0 fully saturated rings. The first kappa shape index (κ1) is 22.1. The number of benzene rings is 3. The number of nitrogens with zero attached hydrogens (tertiary/aromatic N) is 1. The first-order valence-electron chi connectivity index (χ1n) is 9.58. The number of carbonyl (C=O) groups excluding carboxylic acids is 1. The van der Waals surface area contributed by atoms with Crippen molar-refractivity contribution in [3.05, 3.63) is 84.4 Å². The molecule has 0 aliphatic rings. The molecule has 0 radical (unpaired) electrons. The quantitative estimate of drug-likeness (QED) is 0.547. The summed E-state index contributed by atoms with van der Waals surface area (Å²) in [5.41, 5.74) is 1.63. The van der Waals surface area contributed by atoms with Crippen molar-refractivity contribution in [1.82, 2.24) is 4.31 Å². The molecule has 0 aromatic heterocycles. The lowest BCUT2D eigenvalue weighted by Crippen LogP contribution is -2.37. The Morgan fingerprint density at radius 3 is 2.23 bits per heavy atom. The molecule has 7 heteroatoms. The van der Waals surface area contributed by atoms with Gasteiger partial charge >= 0.3 is 0 Å². The molecule has 0 aliphatic heterocycles. The maximum Gasteiger partial charge on any atom is 0.243 e. The molecule has 156 valence electrons. The molecule has 0 heterocycles. The van der Waals surface area contributed by atoms with Crippen LogP contribution < -0.4 is 5.32 Å². The summed E-state index contributed by atoms with van der Waals surface area (Å²) in [6.07, 6.45) is 0. The smallest absolute Gasteiger partial charge is 0.243 e. The van der Waals surface area contributed by atoms with Crippen molar-refractivity contribution < 1.29 is 13.2 Å². The van der Waals surface area contributed by atoms with E-state index in [0.29, 0.717) is 5.69 Å². The Labute approximate surface area is 182 Å². The summed E-state index contributed by atoms with van der Waals surface area (Å²) in [4.78, 5) is 14.8. The third-order valence-corrected chi connectivity index (χ3v) is 7.48. The molecular formula is C23H24N2O3S2. The predicted octanol–water partition coefficient (Wildman–Crippen LogP) is 4.80. The van der Waals surface area contributed by atoms with Gasteiger partial charge in [0, 0.05) is 16.3 Å². The van der Waals surface area contributed by atoms with Gasteiger partial charge in [-0.2, -0.15) is 4.31 Å². The second kappa shape index (κ2) is 9.93. The van der Waals surface area contributed by atoms with Crippen LogP contribution in [0.15, 0.2) is 93.5 Å². The molecule has 0 saturated heterocycles. The Kier molecular flexibility index (Phi) is 7.31.